The molecule has 0 bridgehead atoms. The molecule has 19 heavy (non-hydrogen) atoms. The van der Waals surface area contributed by atoms with Crippen molar-refractivity contribution in [3.63, 3.8) is 0 Å². The number of halogens is 1. The number of aromatic nitrogens is 2. The van der Waals surface area contributed by atoms with Crippen LogP contribution < -0.4 is 9.13 Å². The lowest BCUT2D eigenvalue weighted by Gasteiger charge is -2.02. The summed E-state index contributed by atoms with van der Waals surface area (Å²) < 4.78 is 18.1. The quantitative estimate of drug-likeness (QED) is 0.730. The number of nitrogens with zero attached hydrogens (tertiary/aromatic N) is 2. The lowest BCUT2D eigenvalue weighted by Crippen LogP contribution is -2.33. The van der Waals surface area contributed by atoms with E-state index in [9.17, 15) is 4.39 Å². The molecule has 100 valence electrons. The predicted octanol–water partition coefficient (Wildman–Crippen LogP) is 2.89. The van der Waals surface area contributed by atoms with Crippen molar-refractivity contribution in [2.75, 3.05) is 0 Å². The van der Waals surface area contributed by atoms with Gasteiger partial charge in [-0.15, -0.1) is 0 Å². The summed E-state index contributed by atoms with van der Waals surface area (Å²) in [5, 5.41) is 0. The highest BCUT2D eigenvalue weighted by molar-refractivity contribution is 5.61. The largest absolute Gasteiger partial charge is 0.205 e. The molecule has 0 aromatic carbocycles. The molecule has 2 aromatic heterocycles. The Hall–Kier alpha value is -1.77. The third kappa shape index (κ3) is 3.37. The van der Waals surface area contributed by atoms with Crippen LogP contribution in [-0.2, 0) is 13.1 Å². The molecule has 2 nitrogen and oxygen atoms in total. The minimum Gasteiger partial charge on any atom is -0.205 e. The first-order chi connectivity index (χ1) is 9.24. The van der Waals surface area contributed by atoms with Crippen LogP contribution in [0, 0.1) is 5.82 Å². The van der Waals surface area contributed by atoms with Crippen LogP contribution in [0.4, 0.5) is 4.39 Å². The summed E-state index contributed by atoms with van der Waals surface area (Å²) in [6.07, 6.45) is 9.63. The summed E-state index contributed by atoms with van der Waals surface area (Å²) in [5.41, 5.74) is 1.59. The van der Waals surface area contributed by atoms with Gasteiger partial charge >= 0.3 is 0 Å². The molecule has 0 aliphatic heterocycles. The van der Waals surface area contributed by atoms with Crippen LogP contribution in [0.1, 0.15) is 26.7 Å². The second-order valence-corrected chi connectivity index (χ2v) is 4.77. The molecule has 0 aliphatic rings. The monoisotopic (exact) mass is 260 g/mol. The number of aryl methyl sites for hydroxylation is 2. The number of rotatable bonds is 5. The van der Waals surface area contributed by atoms with Gasteiger partial charge in [0, 0.05) is 36.6 Å². The molecule has 0 fully saturated rings. The Morgan fingerprint density at radius 3 is 2.05 bits per heavy atom. The van der Waals surface area contributed by atoms with Gasteiger partial charge in [-0.3, -0.25) is 0 Å². The zero-order chi connectivity index (χ0) is 13.7. The Labute approximate surface area is 114 Å². The van der Waals surface area contributed by atoms with E-state index in [1.54, 1.807) is 6.20 Å². The van der Waals surface area contributed by atoms with Gasteiger partial charge in [0.05, 0.1) is 0 Å². The fourth-order valence-corrected chi connectivity index (χ4v) is 2.18. The summed E-state index contributed by atoms with van der Waals surface area (Å²) in [7, 11) is 0. The molecule has 0 N–H and O–H groups in total. The van der Waals surface area contributed by atoms with Gasteiger partial charge in [-0.1, -0.05) is 13.8 Å². The van der Waals surface area contributed by atoms with Crippen molar-refractivity contribution in [3.05, 3.63) is 48.8 Å². The Morgan fingerprint density at radius 2 is 1.47 bits per heavy atom. The topological polar surface area (TPSA) is 7.76 Å². The van der Waals surface area contributed by atoms with Crippen molar-refractivity contribution in [3.8, 4) is 11.1 Å². The summed E-state index contributed by atoms with van der Waals surface area (Å²) in [6, 6.07) is 5.79. The van der Waals surface area contributed by atoms with E-state index >= 15 is 0 Å². The lowest BCUT2D eigenvalue weighted by atomic mass is 10.1. The van der Waals surface area contributed by atoms with E-state index < -0.39 is 0 Å². The molecule has 2 heterocycles. The highest BCUT2D eigenvalue weighted by atomic mass is 19.1. The maximum Gasteiger partial charge on any atom is 0.205 e. The maximum absolute atomic E-state index is 14.1. The molecule has 0 aliphatic carbocycles. The third-order valence-corrected chi connectivity index (χ3v) is 3.13. The summed E-state index contributed by atoms with van der Waals surface area (Å²) in [4.78, 5) is 0. The van der Waals surface area contributed by atoms with Crippen LogP contribution in [-0.4, -0.2) is 0 Å². The van der Waals surface area contributed by atoms with Gasteiger partial charge in [0.2, 0.25) is 6.20 Å². The Balaban J connectivity index is 2.25. The molecule has 0 atom stereocenters. The molecule has 2 aromatic rings. The van der Waals surface area contributed by atoms with Gasteiger partial charge in [0.1, 0.15) is 13.1 Å². The molecular formula is C16H21FN2+2. The van der Waals surface area contributed by atoms with Gasteiger partial charge in [0.25, 0.3) is 0 Å². The van der Waals surface area contributed by atoms with Crippen LogP contribution in [0.5, 0.6) is 0 Å². The molecule has 0 radical (unpaired) electrons. The first-order valence-electron chi connectivity index (χ1n) is 6.92. The molecular weight excluding hydrogens is 239 g/mol. The molecule has 0 unspecified atom stereocenters. The third-order valence-electron chi connectivity index (χ3n) is 3.13. The summed E-state index contributed by atoms with van der Waals surface area (Å²) in [5.74, 6) is -0.163. The van der Waals surface area contributed by atoms with Crippen LogP contribution in [0.15, 0.2) is 43.0 Å². The van der Waals surface area contributed by atoms with E-state index in [1.807, 2.05) is 41.4 Å². The summed E-state index contributed by atoms with van der Waals surface area (Å²) in [6.45, 7) is 6.07. The van der Waals surface area contributed by atoms with Gasteiger partial charge in [0.15, 0.2) is 24.4 Å². The standard InChI is InChI=1S/C16H21FN2/c1-3-8-18-10-5-14(6-11-18)15-7-12-19(9-4-2)13-16(15)17/h5-7,10-13H,3-4,8-9H2,1-2H3/q+2. The van der Waals surface area contributed by atoms with Gasteiger partial charge in [-0.25, -0.2) is 9.13 Å². The van der Waals surface area contributed by atoms with Gasteiger partial charge < -0.3 is 0 Å². The fraction of sp³-hybridized carbons (Fsp3) is 0.375. The normalized spacial score (nSPS) is 10.7. The number of hydrogen-bond donors (Lipinski definition) is 0. The van der Waals surface area contributed by atoms with Gasteiger partial charge in [-0.05, 0) is 5.56 Å². The van der Waals surface area contributed by atoms with Crippen LogP contribution in [0.3, 0.4) is 0 Å². The molecule has 0 saturated heterocycles. The zero-order valence-electron chi connectivity index (χ0n) is 11.6. The van der Waals surface area contributed by atoms with E-state index in [0.717, 1.165) is 31.5 Å². The molecule has 0 saturated carbocycles. The van der Waals surface area contributed by atoms with E-state index in [-0.39, 0.29) is 5.82 Å². The minimum atomic E-state index is -0.163. The Morgan fingerprint density at radius 1 is 0.895 bits per heavy atom. The van der Waals surface area contributed by atoms with Crippen LogP contribution >= 0.6 is 0 Å². The molecule has 2 rings (SSSR count). The van der Waals surface area contributed by atoms with E-state index in [2.05, 4.69) is 18.4 Å². The van der Waals surface area contributed by atoms with Gasteiger partial charge in [-0.2, -0.15) is 4.39 Å². The van der Waals surface area contributed by atoms with Crippen molar-refractivity contribution in [2.24, 2.45) is 0 Å². The highest BCUT2D eigenvalue weighted by Gasteiger charge is 2.11. The Bertz CT molecular complexity index is 535. The predicted molar refractivity (Wildman–Crippen MR) is 72.8 cm³/mol. The first kappa shape index (κ1) is 13.7. The van der Waals surface area contributed by atoms with Crippen molar-refractivity contribution >= 4 is 0 Å². The highest BCUT2D eigenvalue weighted by Crippen LogP contribution is 2.19. The van der Waals surface area contributed by atoms with Crippen LogP contribution in [0.25, 0.3) is 11.1 Å². The van der Waals surface area contributed by atoms with E-state index in [4.69, 9.17) is 0 Å². The molecule has 0 amide bonds. The number of hydrogen-bond acceptors (Lipinski definition) is 0. The number of pyridine rings is 2. The zero-order valence-corrected chi connectivity index (χ0v) is 11.6. The molecule has 0 spiro atoms. The first-order valence-corrected chi connectivity index (χ1v) is 6.92. The van der Waals surface area contributed by atoms with Crippen LogP contribution in [0.2, 0.25) is 0 Å². The average molecular weight is 260 g/mol. The lowest BCUT2D eigenvalue weighted by molar-refractivity contribution is -0.698. The Kier molecular flexibility index (Phi) is 4.61. The fourth-order valence-electron chi connectivity index (χ4n) is 2.18. The maximum atomic E-state index is 14.1. The average Bonchev–Trinajstić information content (AvgIpc) is 2.41. The van der Waals surface area contributed by atoms with E-state index in [1.165, 1.54) is 0 Å². The van der Waals surface area contributed by atoms with Crippen molar-refractivity contribution < 1.29 is 13.5 Å². The van der Waals surface area contributed by atoms with E-state index in [0.29, 0.717) is 5.56 Å². The smallest absolute Gasteiger partial charge is 0.205 e. The minimum absolute atomic E-state index is 0.163. The summed E-state index contributed by atoms with van der Waals surface area (Å²) >= 11 is 0. The second kappa shape index (κ2) is 6.41. The second-order valence-electron chi connectivity index (χ2n) is 4.77. The SMILES string of the molecule is CCC[n+]1ccc(-c2cc[n+](CCC)cc2F)cc1. The van der Waals surface area contributed by atoms with Crippen molar-refractivity contribution in [2.45, 2.75) is 39.8 Å². The van der Waals surface area contributed by atoms with Crippen molar-refractivity contribution in [1.29, 1.82) is 0 Å². The van der Waals surface area contributed by atoms with Crippen molar-refractivity contribution in [1.82, 2.24) is 0 Å². The molecule has 3 heteroatoms.